The van der Waals surface area contributed by atoms with Gasteiger partial charge in [0.1, 0.15) is 0 Å². The van der Waals surface area contributed by atoms with Crippen LogP contribution >= 0.6 is 11.3 Å². The lowest BCUT2D eigenvalue weighted by Crippen LogP contribution is -3.00. The molecule has 0 bridgehead atoms. The molecule has 0 fully saturated rings. The Hall–Kier alpha value is -1.19. The lowest BCUT2D eigenvalue weighted by molar-refractivity contribution is -0.684. The summed E-state index contributed by atoms with van der Waals surface area (Å²) in [7, 11) is 0. The van der Waals surface area contributed by atoms with Gasteiger partial charge in [0.05, 0.1) is 4.88 Å². The highest BCUT2D eigenvalue weighted by molar-refractivity contribution is 7.09. The van der Waals surface area contributed by atoms with E-state index in [0.29, 0.717) is 6.54 Å². The van der Waals surface area contributed by atoms with Crippen LogP contribution in [0.15, 0.2) is 17.6 Å². The fourth-order valence-corrected chi connectivity index (χ4v) is 3.32. The summed E-state index contributed by atoms with van der Waals surface area (Å²) in [6.45, 7) is 10.7. The van der Waals surface area contributed by atoms with Gasteiger partial charge in [-0.05, 0) is 38.8 Å². The molecule has 1 aromatic carbocycles. The minimum absolute atomic E-state index is 0. The molecule has 0 aliphatic carbocycles. The van der Waals surface area contributed by atoms with Crippen LogP contribution in [0.4, 0.5) is 0 Å². The number of hydrogen-bond acceptors (Lipinski definition) is 2. The SMILES string of the molecule is Cc1cc(C)c(C(=O)C[n+]2csc(C)c2C)c(C)c1.[Cl-]. The summed E-state index contributed by atoms with van der Waals surface area (Å²) in [4.78, 5) is 13.8. The molecule has 0 N–H and O–H groups in total. The van der Waals surface area contributed by atoms with Gasteiger partial charge in [-0.3, -0.25) is 4.79 Å². The first-order valence-corrected chi connectivity index (χ1v) is 7.33. The number of aromatic nitrogens is 1. The summed E-state index contributed by atoms with van der Waals surface area (Å²) in [6, 6.07) is 4.16. The fraction of sp³-hybridized carbons (Fsp3) is 0.375. The summed E-state index contributed by atoms with van der Waals surface area (Å²) in [6.07, 6.45) is 0. The molecular weight excluding hydrogens is 290 g/mol. The number of hydrogen-bond donors (Lipinski definition) is 0. The van der Waals surface area contributed by atoms with Crippen LogP contribution in [-0.4, -0.2) is 5.78 Å². The standard InChI is InChI=1S/C16H20NOS.ClH/c1-10-6-11(2)16(12(3)7-10)15(18)8-17-9-19-14(5)13(17)4;/h6-7,9H,8H2,1-5H3;1H/q+1;/p-1. The van der Waals surface area contributed by atoms with Crippen LogP contribution in [0.5, 0.6) is 0 Å². The van der Waals surface area contributed by atoms with Gasteiger partial charge in [-0.2, -0.15) is 4.57 Å². The van der Waals surface area contributed by atoms with Gasteiger partial charge in [0.15, 0.2) is 5.69 Å². The predicted molar refractivity (Wildman–Crippen MR) is 79.0 cm³/mol. The molecular formula is C16H20ClNOS. The third-order valence-electron chi connectivity index (χ3n) is 3.57. The maximum Gasteiger partial charge on any atom is 0.228 e. The highest BCUT2D eigenvalue weighted by atomic mass is 35.5. The van der Waals surface area contributed by atoms with E-state index in [9.17, 15) is 4.79 Å². The molecule has 108 valence electrons. The minimum Gasteiger partial charge on any atom is -1.00 e. The first-order chi connectivity index (χ1) is 8.90. The Morgan fingerprint density at radius 2 is 1.65 bits per heavy atom. The fourth-order valence-electron chi connectivity index (χ4n) is 2.52. The van der Waals surface area contributed by atoms with Crippen LogP contribution in [0.25, 0.3) is 0 Å². The first kappa shape index (κ1) is 16.9. The molecule has 0 aliphatic heterocycles. The minimum atomic E-state index is 0. The number of aryl methyl sites for hydroxylation is 4. The number of nitrogens with zero attached hydrogens (tertiary/aromatic N) is 1. The van der Waals surface area contributed by atoms with Gasteiger partial charge in [-0.15, -0.1) is 0 Å². The van der Waals surface area contributed by atoms with Gasteiger partial charge in [0.2, 0.25) is 17.8 Å². The zero-order valence-corrected chi connectivity index (χ0v) is 14.2. The Morgan fingerprint density at radius 1 is 1.10 bits per heavy atom. The molecule has 20 heavy (non-hydrogen) atoms. The number of halogens is 1. The summed E-state index contributed by atoms with van der Waals surface area (Å²) in [5.41, 5.74) is 7.45. The first-order valence-electron chi connectivity index (χ1n) is 6.45. The molecule has 0 saturated carbocycles. The lowest BCUT2D eigenvalue weighted by Gasteiger charge is -2.08. The molecule has 0 atom stereocenters. The number of carbonyl (C=O) groups is 1. The molecule has 0 amide bonds. The van der Waals surface area contributed by atoms with E-state index in [4.69, 9.17) is 0 Å². The normalized spacial score (nSPS) is 10.2. The van der Waals surface area contributed by atoms with Gasteiger partial charge in [0, 0.05) is 12.5 Å². The Kier molecular flexibility index (Phi) is 5.49. The van der Waals surface area contributed by atoms with Crippen molar-refractivity contribution in [3.05, 3.63) is 50.5 Å². The monoisotopic (exact) mass is 309 g/mol. The van der Waals surface area contributed by atoms with E-state index in [0.717, 1.165) is 16.7 Å². The van der Waals surface area contributed by atoms with Crippen molar-refractivity contribution < 1.29 is 21.8 Å². The highest BCUT2D eigenvalue weighted by Gasteiger charge is 2.20. The van der Waals surface area contributed by atoms with Crippen molar-refractivity contribution in [2.75, 3.05) is 0 Å². The van der Waals surface area contributed by atoms with E-state index >= 15 is 0 Å². The zero-order chi connectivity index (χ0) is 14.2. The number of carbonyl (C=O) groups excluding carboxylic acids is 1. The molecule has 2 rings (SSSR count). The molecule has 1 heterocycles. The van der Waals surface area contributed by atoms with Gasteiger partial charge in [-0.1, -0.05) is 29.0 Å². The Morgan fingerprint density at radius 3 is 2.10 bits per heavy atom. The van der Waals surface area contributed by atoms with Crippen molar-refractivity contribution in [1.29, 1.82) is 0 Å². The molecule has 2 aromatic rings. The van der Waals surface area contributed by atoms with Crippen LogP contribution in [0.1, 0.15) is 37.6 Å². The molecule has 0 saturated heterocycles. The summed E-state index contributed by atoms with van der Waals surface area (Å²) in [5, 5.41) is 0. The smallest absolute Gasteiger partial charge is 0.228 e. The maximum absolute atomic E-state index is 12.5. The van der Waals surface area contributed by atoms with Gasteiger partial charge in [-0.25, -0.2) is 0 Å². The molecule has 2 nitrogen and oxygen atoms in total. The number of ketones is 1. The van der Waals surface area contributed by atoms with Crippen molar-refractivity contribution in [3.63, 3.8) is 0 Å². The molecule has 0 spiro atoms. The Labute approximate surface area is 130 Å². The molecule has 1 aromatic heterocycles. The van der Waals surface area contributed by atoms with E-state index in [1.54, 1.807) is 11.3 Å². The highest BCUT2D eigenvalue weighted by Crippen LogP contribution is 2.17. The van der Waals surface area contributed by atoms with E-state index in [-0.39, 0.29) is 18.2 Å². The summed E-state index contributed by atoms with van der Waals surface area (Å²) >= 11 is 1.69. The number of thiazole rings is 1. The van der Waals surface area contributed by atoms with Crippen molar-refractivity contribution in [1.82, 2.24) is 0 Å². The number of rotatable bonds is 3. The number of benzene rings is 1. The van der Waals surface area contributed by atoms with E-state index in [1.807, 2.05) is 23.9 Å². The summed E-state index contributed by atoms with van der Waals surface area (Å²) < 4.78 is 2.04. The van der Waals surface area contributed by atoms with Crippen LogP contribution in [0.3, 0.4) is 0 Å². The molecule has 0 unspecified atom stereocenters. The van der Waals surface area contributed by atoms with Crippen LogP contribution in [-0.2, 0) is 6.54 Å². The van der Waals surface area contributed by atoms with Gasteiger partial charge >= 0.3 is 0 Å². The average molecular weight is 310 g/mol. The number of Topliss-reactive ketones (excluding diaryl/α,β-unsaturated/α-hetero) is 1. The second-order valence-corrected chi connectivity index (χ2v) is 6.25. The van der Waals surface area contributed by atoms with Crippen molar-refractivity contribution in [3.8, 4) is 0 Å². The third kappa shape index (κ3) is 3.28. The molecule has 0 aliphatic rings. The van der Waals surface area contributed by atoms with Crippen LogP contribution in [0.2, 0.25) is 0 Å². The van der Waals surface area contributed by atoms with Gasteiger partial charge in [0.25, 0.3) is 0 Å². The maximum atomic E-state index is 12.5. The van der Waals surface area contributed by atoms with Crippen molar-refractivity contribution in [2.45, 2.75) is 41.2 Å². The van der Waals surface area contributed by atoms with E-state index in [2.05, 4.69) is 32.9 Å². The average Bonchev–Trinajstić information content (AvgIpc) is 2.59. The second kappa shape index (κ2) is 6.51. The van der Waals surface area contributed by atoms with E-state index < -0.39 is 0 Å². The van der Waals surface area contributed by atoms with Crippen LogP contribution in [0, 0.1) is 34.6 Å². The largest absolute Gasteiger partial charge is 1.00 e. The Bertz CT molecular complexity index is 623. The lowest BCUT2D eigenvalue weighted by atomic mass is 9.96. The van der Waals surface area contributed by atoms with Crippen molar-refractivity contribution in [2.24, 2.45) is 0 Å². The van der Waals surface area contributed by atoms with E-state index in [1.165, 1.54) is 16.1 Å². The van der Waals surface area contributed by atoms with Crippen molar-refractivity contribution >= 4 is 17.1 Å². The second-order valence-electron chi connectivity index (χ2n) is 5.19. The zero-order valence-electron chi connectivity index (χ0n) is 12.6. The predicted octanol–water partition coefficient (Wildman–Crippen LogP) is 0.465. The molecule has 4 heteroatoms. The topological polar surface area (TPSA) is 20.9 Å². The van der Waals surface area contributed by atoms with Gasteiger partial charge < -0.3 is 12.4 Å². The Balaban J connectivity index is 0.00000200. The van der Waals surface area contributed by atoms with Crippen LogP contribution < -0.4 is 17.0 Å². The summed E-state index contributed by atoms with van der Waals surface area (Å²) in [5.74, 6) is 0.195. The quantitative estimate of drug-likeness (QED) is 0.596. The molecule has 0 radical (unpaired) electrons. The third-order valence-corrected chi connectivity index (χ3v) is 4.58.